The van der Waals surface area contributed by atoms with Crippen molar-refractivity contribution < 1.29 is 43.5 Å². The van der Waals surface area contributed by atoms with E-state index < -0.39 is 48.4 Å². The maximum atomic E-state index is 12.8. The molecule has 3 rings (SSSR count). The van der Waals surface area contributed by atoms with E-state index in [9.17, 15) is 24.6 Å². The lowest BCUT2D eigenvalue weighted by Crippen LogP contribution is -2.65. The van der Waals surface area contributed by atoms with Gasteiger partial charge in [0.2, 0.25) is 5.91 Å². The van der Waals surface area contributed by atoms with Crippen molar-refractivity contribution in [3.05, 3.63) is 58.6 Å². The van der Waals surface area contributed by atoms with Crippen LogP contribution < -0.4 is 20.1 Å². The van der Waals surface area contributed by atoms with E-state index in [2.05, 4.69) is 10.6 Å². The van der Waals surface area contributed by atoms with Gasteiger partial charge in [0.15, 0.2) is 17.8 Å². The number of benzene rings is 2. The van der Waals surface area contributed by atoms with Crippen molar-refractivity contribution in [2.75, 3.05) is 20.8 Å². The summed E-state index contributed by atoms with van der Waals surface area (Å²) in [6, 6.07) is 9.92. The quantitative estimate of drug-likeness (QED) is 0.292. The summed E-state index contributed by atoms with van der Waals surface area (Å²) in [4.78, 5) is 36.6. The van der Waals surface area contributed by atoms with Gasteiger partial charge in [0.05, 0.1) is 17.7 Å². The van der Waals surface area contributed by atoms with Crippen LogP contribution in [-0.2, 0) is 14.3 Å². The van der Waals surface area contributed by atoms with Crippen molar-refractivity contribution in [3.63, 3.8) is 0 Å². The second-order valence-corrected chi connectivity index (χ2v) is 8.35. The average molecular weight is 523 g/mol. The number of carbonyl (C=O) groups is 3. The highest BCUT2D eigenvalue weighted by atomic mass is 35.5. The fraction of sp³-hybridized carbons (Fsp3) is 0.375. The summed E-state index contributed by atoms with van der Waals surface area (Å²) < 4.78 is 21.4. The molecule has 2 aromatic rings. The van der Waals surface area contributed by atoms with Crippen LogP contribution in [0.1, 0.15) is 27.6 Å². The van der Waals surface area contributed by atoms with Gasteiger partial charge >= 0.3 is 5.97 Å². The Hall–Kier alpha value is -3.22. The first-order valence-electron chi connectivity index (χ1n) is 10.9. The van der Waals surface area contributed by atoms with Gasteiger partial charge in [-0.1, -0.05) is 29.8 Å². The minimum absolute atomic E-state index is 0.0363. The molecule has 1 aliphatic rings. The lowest BCUT2D eigenvalue weighted by molar-refractivity contribution is -0.254. The number of halogens is 1. The van der Waals surface area contributed by atoms with Crippen molar-refractivity contribution in [2.24, 2.45) is 0 Å². The van der Waals surface area contributed by atoms with Crippen LogP contribution in [0.4, 0.5) is 0 Å². The van der Waals surface area contributed by atoms with Gasteiger partial charge in [-0.2, -0.15) is 0 Å². The van der Waals surface area contributed by atoms with E-state index in [1.165, 1.54) is 33.3 Å². The van der Waals surface area contributed by atoms with Crippen molar-refractivity contribution in [2.45, 2.75) is 37.6 Å². The fourth-order valence-electron chi connectivity index (χ4n) is 3.66. The third-order valence-electron chi connectivity index (χ3n) is 5.46. The number of ether oxygens (including phenoxy) is 4. The Balaban J connectivity index is 1.70. The van der Waals surface area contributed by atoms with E-state index in [4.69, 9.17) is 30.5 Å². The van der Waals surface area contributed by atoms with Crippen molar-refractivity contribution >= 4 is 29.4 Å². The number of rotatable bonds is 8. The Morgan fingerprint density at radius 1 is 1.06 bits per heavy atom. The van der Waals surface area contributed by atoms with Crippen LogP contribution in [0.3, 0.4) is 0 Å². The molecule has 12 heteroatoms. The SMILES string of the molecule is COc1cc(C(=O)NC[C@H]2O[C@H](OC)[C@H](NC(C)=O)[C@@H](O)[C@@H]2O)cc(Cl)c1OC(=O)c1ccccc1. The van der Waals surface area contributed by atoms with Gasteiger partial charge in [-0.05, 0) is 24.3 Å². The normalized spacial score (nSPS) is 23.4. The zero-order valence-corrected chi connectivity index (χ0v) is 20.5. The van der Waals surface area contributed by atoms with Crippen LogP contribution in [0.15, 0.2) is 42.5 Å². The minimum Gasteiger partial charge on any atom is -0.493 e. The van der Waals surface area contributed by atoms with Gasteiger partial charge in [-0.25, -0.2) is 4.79 Å². The highest BCUT2D eigenvalue weighted by Crippen LogP contribution is 2.37. The first-order chi connectivity index (χ1) is 17.2. The molecule has 1 fully saturated rings. The smallest absolute Gasteiger partial charge is 0.343 e. The predicted octanol–water partition coefficient (Wildman–Crippen LogP) is 0.895. The van der Waals surface area contributed by atoms with Crippen LogP contribution in [-0.4, -0.2) is 79.4 Å². The van der Waals surface area contributed by atoms with Gasteiger partial charge in [-0.3, -0.25) is 9.59 Å². The third-order valence-corrected chi connectivity index (χ3v) is 5.74. The molecule has 0 bridgehead atoms. The molecule has 1 aliphatic heterocycles. The molecule has 0 saturated carbocycles. The zero-order chi connectivity index (χ0) is 26.4. The summed E-state index contributed by atoms with van der Waals surface area (Å²) in [5.74, 6) is -1.68. The maximum Gasteiger partial charge on any atom is 0.343 e. The summed E-state index contributed by atoms with van der Waals surface area (Å²) in [6.45, 7) is 1.06. The molecule has 194 valence electrons. The number of aliphatic hydroxyl groups excluding tert-OH is 2. The molecule has 4 N–H and O–H groups in total. The van der Waals surface area contributed by atoms with Gasteiger partial charge in [-0.15, -0.1) is 0 Å². The topological polar surface area (TPSA) is 153 Å². The van der Waals surface area contributed by atoms with Crippen molar-refractivity contribution in [3.8, 4) is 11.5 Å². The Morgan fingerprint density at radius 2 is 1.75 bits per heavy atom. The zero-order valence-electron chi connectivity index (χ0n) is 19.8. The van der Waals surface area contributed by atoms with E-state index in [0.29, 0.717) is 5.56 Å². The van der Waals surface area contributed by atoms with E-state index >= 15 is 0 Å². The second-order valence-electron chi connectivity index (χ2n) is 7.94. The van der Waals surface area contributed by atoms with Gasteiger partial charge in [0, 0.05) is 26.1 Å². The highest BCUT2D eigenvalue weighted by Gasteiger charge is 2.45. The average Bonchev–Trinajstić information content (AvgIpc) is 2.87. The summed E-state index contributed by atoms with van der Waals surface area (Å²) in [5, 5.41) is 25.9. The van der Waals surface area contributed by atoms with Crippen LogP contribution in [0.25, 0.3) is 0 Å². The number of amides is 2. The number of aliphatic hydroxyl groups is 2. The summed E-state index contributed by atoms with van der Waals surface area (Å²) in [5.41, 5.74) is 0.391. The summed E-state index contributed by atoms with van der Waals surface area (Å²) in [6.07, 6.45) is -4.92. The molecule has 36 heavy (non-hydrogen) atoms. The lowest BCUT2D eigenvalue weighted by Gasteiger charge is -2.42. The van der Waals surface area contributed by atoms with Crippen molar-refractivity contribution in [1.29, 1.82) is 0 Å². The Bertz CT molecular complexity index is 1100. The summed E-state index contributed by atoms with van der Waals surface area (Å²) in [7, 11) is 2.65. The van der Waals surface area contributed by atoms with Crippen LogP contribution >= 0.6 is 11.6 Å². The van der Waals surface area contributed by atoms with Gasteiger partial charge < -0.3 is 39.8 Å². The van der Waals surface area contributed by atoms with Crippen molar-refractivity contribution in [1.82, 2.24) is 10.6 Å². The summed E-state index contributed by atoms with van der Waals surface area (Å²) >= 11 is 6.29. The number of nitrogens with one attached hydrogen (secondary N) is 2. The molecular weight excluding hydrogens is 496 g/mol. The molecule has 0 unspecified atom stereocenters. The lowest BCUT2D eigenvalue weighted by atomic mass is 9.96. The monoisotopic (exact) mass is 522 g/mol. The molecule has 2 amide bonds. The van der Waals surface area contributed by atoms with Crippen LogP contribution in [0.2, 0.25) is 5.02 Å². The predicted molar refractivity (Wildman–Crippen MR) is 127 cm³/mol. The number of esters is 1. The molecule has 11 nitrogen and oxygen atoms in total. The molecule has 2 aromatic carbocycles. The Labute approximate surface area is 212 Å². The van der Waals surface area contributed by atoms with Gasteiger partial charge in [0.1, 0.15) is 24.4 Å². The van der Waals surface area contributed by atoms with E-state index in [1.54, 1.807) is 30.3 Å². The molecule has 0 spiro atoms. The molecule has 5 atom stereocenters. The highest BCUT2D eigenvalue weighted by molar-refractivity contribution is 6.33. The number of hydrogen-bond acceptors (Lipinski definition) is 9. The maximum absolute atomic E-state index is 12.8. The van der Waals surface area contributed by atoms with E-state index in [0.717, 1.165) is 0 Å². The van der Waals surface area contributed by atoms with Gasteiger partial charge in [0.25, 0.3) is 5.91 Å². The molecule has 0 aliphatic carbocycles. The van der Waals surface area contributed by atoms with Crippen LogP contribution in [0, 0.1) is 0 Å². The van der Waals surface area contributed by atoms with Crippen LogP contribution in [0.5, 0.6) is 11.5 Å². The number of carbonyl (C=O) groups excluding carboxylic acids is 3. The Morgan fingerprint density at radius 3 is 2.36 bits per heavy atom. The number of hydrogen-bond donors (Lipinski definition) is 4. The van der Waals surface area contributed by atoms with E-state index in [1.807, 2.05) is 0 Å². The molecule has 1 heterocycles. The molecule has 0 radical (unpaired) electrons. The second kappa shape index (κ2) is 12.2. The first kappa shape index (κ1) is 27.4. The number of methoxy groups -OCH3 is 2. The molecular formula is C24H27ClN2O9. The first-order valence-corrected chi connectivity index (χ1v) is 11.3. The molecule has 1 saturated heterocycles. The Kier molecular flexibility index (Phi) is 9.24. The largest absolute Gasteiger partial charge is 0.493 e. The van der Waals surface area contributed by atoms with E-state index in [-0.39, 0.29) is 28.6 Å². The minimum atomic E-state index is -1.42. The molecule has 0 aromatic heterocycles. The third kappa shape index (κ3) is 6.31. The standard InChI is InChI=1S/C24H27ClN2O9/c1-12(28)27-18-20(30)19(29)17(35-24(18)34-3)11-26-22(31)14-9-15(25)21(16(10-14)33-2)36-23(32)13-7-5-4-6-8-13/h4-10,17-20,24,29-30H,11H2,1-3H3,(H,26,31)(H,27,28)/t17-,18-,19-,20-,24+/m1/s1. The fourth-order valence-corrected chi connectivity index (χ4v) is 3.91.